The molecule has 1 amide bonds. The lowest BCUT2D eigenvalue weighted by Gasteiger charge is -2.04. The van der Waals surface area contributed by atoms with Crippen molar-refractivity contribution in [3.8, 4) is 0 Å². The molecule has 0 aromatic carbocycles. The van der Waals surface area contributed by atoms with Crippen LogP contribution in [0.5, 0.6) is 0 Å². The maximum Gasteiger partial charge on any atom is 0.332 e. The molecule has 0 atom stereocenters. The van der Waals surface area contributed by atoms with Gasteiger partial charge in [-0.2, -0.15) is 0 Å². The van der Waals surface area contributed by atoms with Crippen LogP contribution in [0.25, 0.3) is 0 Å². The number of rotatable bonds is 8. The molecule has 6 heteroatoms. The fourth-order valence-electron chi connectivity index (χ4n) is 0.632. The fourth-order valence-corrected chi connectivity index (χ4v) is 0.632. The Bertz CT molecular complexity index is 227. The summed E-state index contributed by atoms with van der Waals surface area (Å²) in [6.45, 7) is 4.14. The monoisotopic (exact) mass is 202 g/mol. The first-order valence-corrected chi connectivity index (χ1v) is 4.02. The minimum atomic E-state index is -1.03. The number of carbonyl (C=O) groups excluding carboxylic acids is 1. The zero-order valence-corrected chi connectivity index (χ0v) is 7.78. The van der Waals surface area contributed by atoms with E-state index >= 15 is 0 Å². The third kappa shape index (κ3) is 7.26. The highest BCUT2D eigenvalue weighted by Gasteiger charge is 2.01. The van der Waals surface area contributed by atoms with Crippen molar-refractivity contribution < 1.29 is 19.4 Å². The van der Waals surface area contributed by atoms with Gasteiger partial charge in [-0.05, 0) is 0 Å². The average Bonchev–Trinajstić information content (AvgIpc) is 2.09. The van der Waals surface area contributed by atoms with E-state index in [1.165, 1.54) is 0 Å². The largest absolute Gasteiger partial charge is 0.478 e. The number of carboxylic acids is 1. The Morgan fingerprint density at radius 3 is 2.64 bits per heavy atom. The second kappa shape index (κ2) is 7.05. The maximum atomic E-state index is 10.3. The number of hydrogen-bond acceptors (Lipinski definition) is 4. The summed E-state index contributed by atoms with van der Waals surface area (Å²) < 4.78 is 4.82. The Labute approximate surface area is 81.7 Å². The molecule has 0 fully saturated rings. The normalized spacial score (nSPS) is 9.71. The standard InChI is InChI=1S/C8H14N2O4/c1-6(8(12)13)4-10-2-3-14-5-7(9)11/h10H,1-5H2,(H2,9,11)(H,12,13). The van der Waals surface area contributed by atoms with Crippen LogP contribution in [0.15, 0.2) is 12.2 Å². The zero-order chi connectivity index (χ0) is 11.0. The van der Waals surface area contributed by atoms with E-state index in [2.05, 4.69) is 11.9 Å². The summed E-state index contributed by atoms with van der Waals surface area (Å²) in [6, 6.07) is 0. The van der Waals surface area contributed by atoms with E-state index in [0.717, 1.165) is 0 Å². The van der Waals surface area contributed by atoms with E-state index in [0.29, 0.717) is 13.2 Å². The molecule has 0 aliphatic rings. The number of carboxylic acid groups (broad SMARTS) is 1. The van der Waals surface area contributed by atoms with Crippen molar-refractivity contribution in [1.29, 1.82) is 0 Å². The van der Waals surface area contributed by atoms with Crippen molar-refractivity contribution >= 4 is 11.9 Å². The predicted octanol–water partition coefficient (Wildman–Crippen LogP) is -1.28. The van der Waals surface area contributed by atoms with E-state index in [1.54, 1.807) is 0 Å². The van der Waals surface area contributed by atoms with Gasteiger partial charge in [0.2, 0.25) is 5.91 Å². The lowest BCUT2D eigenvalue weighted by Crippen LogP contribution is -2.26. The number of nitrogens with two attached hydrogens (primary N) is 1. The summed E-state index contributed by atoms with van der Waals surface area (Å²) in [5.74, 6) is -1.56. The summed E-state index contributed by atoms with van der Waals surface area (Å²) in [6.07, 6.45) is 0. The van der Waals surface area contributed by atoms with E-state index in [9.17, 15) is 9.59 Å². The molecule has 0 saturated heterocycles. The van der Waals surface area contributed by atoms with Crippen molar-refractivity contribution in [2.45, 2.75) is 0 Å². The molecule has 80 valence electrons. The molecule has 0 spiro atoms. The molecule has 0 saturated carbocycles. The second-order valence-electron chi connectivity index (χ2n) is 2.60. The molecule has 0 rings (SSSR count). The molecule has 0 aromatic rings. The van der Waals surface area contributed by atoms with Gasteiger partial charge >= 0.3 is 5.97 Å². The van der Waals surface area contributed by atoms with Gasteiger partial charge in [-0.15, -0.1) is 0 Å². The topological polar surface area (TPSA) is 102 Å². The fraction of sp³-hybridized carbons (Fsp3) is 0.500. The van der Waals surface area contributed by atoms with Crippen molar-refractivity contribution in [1.82, 2.24) is 5.32 Å². The number of primary amides is 1. The van der Waals surface area contributed by atoms with Crippen LogP contribution in [0.4, 0.5) is 0 Å². The van der Waals surface area contributed by atoms with E-state index in [4.69, 9.17) is 15.6 Å². The molecule has 14 heavy (non-hydrogen) atoms. The Kier molecular flexibility index (Phi) is 6.34. The van der Waals surface area contributed by atoms with Gasteiger partial charge in [-0.25, -0.2) is 4.79 Å². The van der Waals surface area contributed by atoms with Gasteiger partial charge in [0.25, 0.3) is 0 Å². The van der Waals surface area contributed by atoms with Crippen LogP contribution in [0.1, 0.15) is 0 Å². The highest BCUT2D eigenvalue weighted by atomic mass is 16.5. The van der Waals surface area contributed by atoms with E-state index in [1.807, 2.05) is 0 Å². The molecule has 6 nitrogen and oxygen atoms in total. The van der Waals surface area contributed by atoms with Gasteiger partial charge in [-0.3, -0.25) is 4.79 Å². The summed E-state index contributed by atoms with van der Waals surface area (Å²) in [4.78, 5) is 20.5. The summed E-state index contributed by atoms with van der Waals surface area (Å²) in [7, 11) is 0. The third-order valence-electron chi connectivity index (χ3n) is 1.31. The van der Waals surface area contributed by atoms with Gasteiger partial charge in [0.1, 0.15) is 6.61 Å². The minimum Gasteiger partial charge on any atom is -0.478 e. The van der Waals surface area contributed by atoms with Crippen LogP contribution in [-0.2, 0) is 14.3 Å². The van der Waals surface area contributed by atoms with Gasteiger partial charge in [-0.1, -0.05) is 6.58 Å². The van der Waals surface area contributed by atoms with Crippen LogP contribution < -0.4 is 11.1 Å². The first-order chi connectivity index (χ1) is 6.54. The van der Waals surface area contributed by atoms with Crippen LogP contribution >= 0.6 is 0 Å². The lowest BCUT2D eigenvalue weighted by atomic mass is 10.3. The molecule has 0 radical (unpaired) electrons. The minimum absolute atomic E-state index is 0.0832. The number of nitrogens with one attached hydrogen (secondary N) is 1. The first-order valence-electron chi connectivity index (χ1n) is 4.02. The quantitative estimate of drug-likeness (QED) is 0.336. The molecule has 0 bridgehead atoms. The number of aliphatic carboxylic acids is 1. The van der Waals surface area contributed by atoms with Crippen molar-refractivity contribution in [3.63, 3.8) is 0 Å². The Morgan fingerprint density at radius 2 is 2.14 bits per heavy atom. The van der Waals surface area contributed by atoms with Crippen LogP contribution in [0.2, 0.25) is 0 Å². The molecular weight excluding hydrogens is 188 g/mol. The van der Waals surface area contributed by atoms with E-state index < -0.39 is 11.9 Å². The summed E-state index contributed by atoms with van der Waals surface area (Å²) in [5.41, 5.74) is 4.90. The molecule has 4 N–H and O–H groups in total. The lowest BCUT2D eigenvalue weighted by molar-refractivity contribution is -0.132. The number of amides is 1. The molecule has 0 aliphatic heterocycles. The molecule has 0 heterocycles. The SMILES string of the molecule is C=C(CNCCOCC(N)=O)C(=O)O. The Balaban J connectivity index is 3.26. The highest BCUT2D eigenvalue weighted by Crippen LogP contribution is 1.85. The van der Waals surface area contributed by atoms with E-state index in [-0.39, 0.29) is 18.7 Å². The van der Waals surface area contributed by atoms with Gasteiger partial charge in [0.05, 0.1) is 6.61 Å². The van der Waals surface area contributed by atoms with Crippen molar-refractivity contribution in [2.75, 3.05) is 26.3 Å². The summed E-state index contributed by atoms with van der Waals surface area (Å²) >= 11 is 0. The molecule has 0 aliphatic carbocycles. The van der Waals surface area contributed by atoms with Crippen molar-refractivity contribution in [2.24, 2.45) is 5.73 Å². The second-order valence-corrected chi connectivity index (χ2v) is 2.60. The zero-order valence-electron chi connectivity index (χ0n) is 7.78. The first kappa shape index (κ1) is 12.6. The third-order valence-corrected chi connectivity index (χ3v) is 1.31. The van der Waals surface area contributed by atoms with Crippen LogP contribution in [0, 0.1) is 0 Å². The van der Waals surface area contributed by atoms with Gasteiger partial charge in [0.15, 0.2) is 0 Å². The molecular formula is C8H14N2O4. The Hall–Kier alpha value is -1.40. The van der Waals surface area contributed by atoms with Crippen molar-refractivity contribution in [3.05, 3.63) is 12.2 Å². The number of hydrogen-bond donors (Lipinski definition) is 3. The smallest absolute Gasteiger partial charge is 0.332 e. The van der Waals surface area contributed by atoms with Crippen LogP contribution in [0.3, 0.4) is 0 Å². The molecule has 0 unspecified atom stereocenters. The molecule has 0 aromatic heterocycles. The maximum absolute atomic E-state index is 10.3. The average molecular weight is 202 g/mol. The Morgan fingerprint density at radius 1 is 1.50 bits per heavy atom. The number of ether oxygens (including phenoxy) is 1. The number of carbonyl (C=O) groups is 2. The van der Waals surface area contributed by atoms with Gasteiger partial charge in [0, 0.05) is 18.7 Å². The highest BCUT2D eigenvalue weighted by molar-refractivity contribution is 5.86. The van der Waals surface area contributed by atoms with Gasteiger partial charge < -0.3 is 20.9 Å². The predicted molar refractivity (Wildman–Crippen MR) is 49.7 cm³/mol. The van der Waals surface area contributed by atoms with Crippen LogP contribution in [-0.4, -0.2) is 43.3 Å². The summed E-state index contributed by atoms with van der Waals surface area (Å²) in [5, 5.41) is 11.2.